The first kappa shape index (κ1) is 30.7. The lowest BCUT2D eigenvalue weighted by molar-refractivity contribution is 0.0497. The van der Waals surface area contributed by atoms with Crippen LogP contribution in [-0.4, -0.2) is 67.6 Å². The van der Waals surface area contributed by atoms with Gasteiger partial charge in [0, 0.05) is 50.2 Å². The number of hydrogen-bond acceptors (Lipinski definition) is 10. The Labute approximate surface area is 247 Å². The smallest absolute Gasteiger partial charge is 0.407 e. The number of fused-ring (bicyclic) bond motifs is 1. The van der Waals surface area contributed by atoms with Crippen LogP contribution in [-0.2, 0) is 11.3 Å². The van der Waals surface area contributed by atoms with Crippen LogP contribution in [0.4, 0.5) is 16.6 Å². The maximum Gasteiger partial charge on any atom is 0.407 e. The van der Waals surface area contributed by atoms with Gasteiger partial charge in [-0.15, -0.1) is 0 Å². The van der Waals surface area contributed by atoms with Crippen molar-refractivity contribution in [1.82, 2.24) is 35.1 Å². The van der Waals surface area contributed by atoms with Gasteiger partial charge in [0.25, 0.3) is 0 Å². The summed E-state index contributed by atoms with van der Waals surface area (Å²) in [5, 5.41) is 17.5. The van der Waals surface area contributed by atoms with E-state index in [0.29, 0.717) is 36.9 Å². The maximum absolute atomic E-state index is 12.3. The molecule has 3 aromatic rings. The highest BCUT2D eigenvalue weighted by molar-refractivity contribution is 5.85. The van der Waals surface area contributed by atoms with Crippen molar-refractivity contribution in [2.45, 2.75) is 91.6 Å². The molecule has 4 N–H and O–H groups in total. The summed E-state index contributed by atoms with van der Waals surface area (Å²) in [6.07, 6.45) is 7.69. The summed E-state index contributed by atoms with van der Waals surface area (Å²) in [4.78, 5) is 33.6. The topological polar surface area (TPSA) is 146 Å². The number of aromatic nitrogens is 5. The van der Waals surface area contributed by atoms with E-state index in [1.807, 2.05) is 39.2 Å². The molecule has 0 aliphatic carbocycles. The zero-order valence-electron chi connectivity index (χ0n) is 25.7. The van der Waals surface area contributed by atoms with Crippen molar-refractivity contribution < 1.29 is 9.53 Å². The first-order valence-electron chi connectivity index (χ1n) is 14.6. The average molecular weight is 577 g/mol. The molecule has 0 bridgehead atoms. The number of allylic oxidation sites excluding steroid dienone is 1. The van der Waals surface area contributed by atoms with Crippen LogP contribution in [0.15, 0.2) is 30.7 Å². The van der Waals surface area contributed by atoms with Gasteiger partial charge in [-0.2, -0.15) is 9.97 Å². The van der Waals surface area contributed by atoms with Crippen molar-refractivity contribution in [3.05, 3.63) is 42.0 Å². The highest BCUT2D eigenvalue weighted by Crippen LogP contribution is 2.27. The number of piperidine rings is 1. The van der Waals surface area contributed by atoms with Crippen LogP contribution in [0.2, 0.25) is 0 Å². The van der Waals surface area contributed by atoms with Crippen LogP contribution in [0.5, 0.6) is 0 Å². The molecule has 1 aliphatic heterocycles. The van der Waals surface area contributed by atoms with E-state index in [-0.39, 0.29) is 24.2 Å². The molecule has 12 nitrogen and oxygen atoms in total. The molecular weight excluding hydrogens is 532 g/mol. The standard InChI is InChI=1S/C30H44N10O2/c1-19(2)35-23(10-13-31)24-21(9-8-14-32-24)17-33-26-25-27(40(18-34-25)20(3)4)38-28(37-26)39-15-11-22(12-16-39)36-29(41)42-30(5,6)7/h8-10,13-14,18-20,22,31,35H,11-12,15-17H2,1-7H3,(H,36,41)(H,33,37,38)/b23-10-,31-13?. The van der Waals surface area contributed by atoms with Gasteiger partial charge in [0.15, 0.2) is 17.0 Å². The fraction of sp³-hybridized carbons (Fsp3) is 0.533. The molecule has 4 heterocycles. The van der Waals surface area contributed by atoms with Gasteiger partial charge in [-0.1, -0.05) is 6.07 Å². The Kier molecular flexibility index (Phi) is 9.64. The summed E-state index contributed by atoms with van der Waals surface area (Å²) >= 11 is 0. The average Bonchev–Trinajstić information content (AvgIpc) is 3.35. The van der Waals surface area contributed by atoms with Gasteiger partial charge in [0.05, 0.1) is 17.7 Å². The lowest BCUT2D eigenvalue weighted by Crippen LogP contribution is -2.46. The lowest BCUT2D eigenvalue weighted by atomic mass is 10.1. The van der Waals surface area contributed by atoms with Gasteiger partial charge >= 0.3 is 6.09 Å². The molecule has 0 aromatic carbocycles. The number of alkyl carbamates (subject to hydrolysis) is 1. The second-order valence-corrected chi connectivity index (χ2v) is 12.1. The van der Waals surface area contributed by atoms with Crippen molar-refractivity contribution in [3.63, 3.8) is 0 Å². The number of nitrogens with zero attached hydrogens (tertiary/aromatic N) is 6. The molecule has 0 saturated carbocycles. The third-order valence-electron chi connectivity index (χ3n) is 6.75. The molecule has 0 spiro atoms. The Morgan fingerprint density at radius 1 is 1.17 bits per heavy atom. The van der Waals surface area contributed by atoms with Gasteiger partial charge in [-0.25, -0.2) is 9.78 Å². The molecule has 0 atom stereocenters. The van der Waals surface area contributed by atoms with E-state index in [0.717, 1.165) is 35.4 Å². The Morgan fingerprint density at radius 3 is 2.55 bits per heavy atom. The molecule has 1 fully saturated rings. The zero-order chi connectivity index (χ0) is 30.4. The van der Waals surface area contributed by atoms with Crippen LogP contribution < -0.4 is 20.9 Å². The van der Waals surface area contributed by atoms with Crippen molar-refractivity contribution in [3.8, 4) is 0 Å². The van der Waals surface area contributed by atoms with E-state index in [2.05, 4.69) is 63.1 Å². The fourth-order valence-electron chi connectivity index (χ4n) is 4.84. The fourth-order valence-corrected chi connectivity index (χ4v) is 4.84. The van der Waals surface area contributed by atoms with Crippen LogP contribution in [0.3, 0.4) is 0 Å². The number of hydrogen-bond donors (Lipinski definition) is 4. The zero-order valence-corrected chi connectivity index (χ0v) is 25.7. The van der Waals surface area contributed by atoms with E-state index in [9.17, 15) is 4.79 Å². The number of carbonyl (C=O) groups is 1. The van der Waals surface area contributed by atoms with E-state index in [1.54, 1.807) is 12.3 Å². The monoisotopic (exact) mass is 576 g/mol. The Morgan fingerprint density at radius 2 is 1.90 bits per heavy atom. The van der Waals surface area contributed by atoms with Crippen LogP contribution in [0.1, 0.15) is 78.6 Å². The molecule has 226 valence electrons. The molecule has 0 unspecified atom stereocenters. The van der Waals surface area contributed by atoms with E-state index < -0.39 is 5.60 Å². The van der Waals surface area contributed by atoms with Crippen molar-refractivity contribution in [2.24, 2.45) is 0 Å². The molecule has 0 radical (unpaired) electrons. The largest absolute Gasteiger partial charge is 0.444 e. The van der Waals surface area contributed by atoms with Crippen molar-refractivity contribution in [1.29, 1.82) is 5.41 Å². The minimum absolute atomic E-state index is 0.0327. The van der Waals surface area contributed by atoms with Gasteiger partial charge in [0.2, 0.25) is 5.95 Å². The van der Waals surface area contributed by atoms with E-state index in [4.69, 9.17) is 20.1 Å². The molecular formula is C30H44N10O2. The minimum Gasteiger partial charge on any atom is -0.444 e. The van der Waals surface area contributed by atoms with Gasteiger partial charge < -0.3 is 35.6 Å². The number of imidazole rings is 1. The van der Waals surface area contributed by atoms with E-state index in [1.165, 1.54) is 6.21 Å². The number of carbonyl (C=O) groups excluding carboxylic acids is 1. The van der Waals surface area contributed by atoms with Crippen molar-refractivity contribution in [2.75, 3.05) is 23.3 Å². The Balaban J connectivity index is 1.57. The van der Waals surface area contributed by atoms with Crippen LogP contribution in [0.25, 0.3) is 16.9 Å². The third-order valence-corrected chi connectivity index (χ3v) is 6.75. The van der Waals surface area contributed by atoms with Gasteiger partial charge in [-0.3, -0.25) is 4.98 Å². The molecule has 1 amide bonds. The summed E-state index contributed by atoms with van der Waals surface area (Å²) < 4.78 is 7.48. The quantitative estimate of drug-likeness (QED) is 0.248. The van der Waals surface area contributed by atoms with Crippen LogP contribution in [0, 0.1) is 5.41 Å². The number of rotatable bonds is 10. The van der Waals surface area contributed by atoms with Crippen LogP contribution >= 0.6 is 0 Å². The number of pyridine rings is 1. The summed E-state index contributed by atoms with van der Waals surface area (Å²) in [5.41, 5.74) is 3.47. The molecule has 12 heteroatoms. The number of amides is 1. The first-order chi connectivity index (χ1) is 19.9. The maximum atomic E-state index is 12.3. The summed E-state index contributed by atoms with van der Waals surface area (Å²) in [5.74, 6) is 1.27. The SMILES string of the molecule is CC(C)N/C(=C\C=N)c1ncccc1CNc1nc(N2CCC(NC(=O)OC(C)(C)C)CC2)nc2c1ncn2C(C)C. The molecule has 4 rings (SSSR count). The molecule has 42 heavy (non-hydrogen) atoms. The number of nitrogens with one attached hydrogen (secondary N) is 4. The second kappa shape index (κ2) is 13.2. The predicted molar refractivity (Wildman–Crippen MR) is 167 cm³/mol. The highest BCUT2D eigenvalue weighted by atomic mass is 16.6. The number of anilines is 2. The van der Waals surface area contributed by atoms with E-state index >= 15 is 0 Å². The highest BCUT2D eigenvalue weighted by Gasteiger charge is 2.26. The number of ether oxygens (including phenoxy) is 1. The van der Waals surface area contributed by atoms with Gasteiger partial charge in [-0.05, 0) is 79.0 Å². The van der Waals surface area contributed by atoms with Crippen molar-refractivity contribution >= 4 is 40.9 Å². The van der Waals surface area contributed by atoms with Gasteiger partial charge in [0.1, 0.15) is 5.60 Å². The minimum atomic E-state index is -0.532. The molecule has 3 aromatic heterocycles. The summed E-state index contributed by atoms with van der Waals surface area (Å²) in [6.45, 7) is 15.8. The normalized spacial score (nSPS) is 14.9. The first-order valence-corrected chi connectivity index (χ1v) is 14.6. The summed E-state index contributed by atoms with van der Waals surface area (Å²) in [6, 6.07) is 4.32. The lowest BCUT2D eigenvalue weighted by Gasteiger charge is -2.33. The Bertz CT molecular complexity index is 1420. The Hall–Kier alpha value is -4.22. The predicted octanol–water partition coefficient (Wildman–Crippen LogP) is 4.90. The third kappa shape index (κ3) is 7.74. The summed E-state index contributed by atoms with van der Waals surface area (Å²) in [7, 11) is 0. The molecule has 1 aliphatic rings. The molecule has 1 saturated heterocycles. The second-order valence-electron chi connectivity index (χ2n) is 12.1.